The van der Waals surface area contributed by atoms with E-state index in [2.05, 4.69) is 5.43 Å². The summed E-state index contributed by atoms with van der Waals surface area (Å²) in [5.41, 5.74) is 3.00. The predicted molar refractivity (Wildman–Crippen MR) is 51.5 cm³/mol. The normalized spacial score (nSPS) is 9.77. The molecular weight excluding hydrogens is 238 g/mol. The van der Waals surface area contributed by atoms with E-state index in [0.717, 1.165) is 0 Å². The van der Waals surface area contributed by atoms with Gasteiger partial charge in [0.05, 0.1) is 15.1 Å². The van der Waals surface area contributed by atoms with E-state index in [-0.39, 0.29) is 20.8 Å². The van der Waals surface area contributed by atoms with Crippen molar-refractivity contribution < 1.29 is 5.03 Å². The fourth-order valence-electron chi connectivity index (χ4n) is 0.681. The number of hydrogen-bond donors (Lipinski definition) is 0. The molecule has 0 saturated carbocycles. The molecule has 0 fully saturated rings. The average molecular weight is 240 g/mol. The van der Waals surface area contributed by atoms with Crippen molar-refractivity contribution in [1.29, 1.82) is 0 Å². The SMILES string of the molecule is O=[N+]([O-])[N-]c1ccc(Cl)c(Cl)c1Cl. The van der Waals surface area contributed by atoms with Crippen LogP contribution in [0, 0.1) is 10.1 Å². The molecule has 0 aliphatic heterocycles. The number of hydrogen-bond acceptors (Lipinski definition) is 2. The van der Waals surface area contributed by atoms with E-state index in [1.54, 1.807) is 0 Å². The van der Waals surface area contributed by atoms with E-state index in [1.165, 1.54) is 12.1 Å². The number of halogens is 3. The fraction of sp³-hybridized carbons (Fsp3) is 0. The summed E-state index contributed by atoms with van der Waals surface area (Å²) >= 11 is 16.8. The highest BCUT2D eigenvalue weighted by molar-refractivity contribution is 6.49. The zero-order valence-electron chi connectivity index (χ0n) is 6.00. The number of benzene rings is 1. The Morgan fingerprint density at radius 1 is 1.23 bits per heavy atom. The lowest BCUT2D eigenvalue weighted by Gasteiger charge is -2.13. The van der Waals surface area contributed by atoms with Gasteiger partial charge in [0.25, 0.3) is 0 Å². The Morgan fingerprint density at radius 2 is 1.85 bits per heavy atom. The summed E-state index contributed by atoms with van der Waals surface area (Å²) in [5, 5.41) is 9.44. The minimum absolute atomic E-state index is 0.0129. The Kier molecular flexibility index (Phi) is 3.19. The maximum absolute atomic E-state index is 10.0. The van der Waals surface area contributed by atoms with Crippen LogP contribution in [0.5, 0.6) is 0 Å². The first-order valence-corrected chi connectivity index (χ1v) is 4.15. The first kappa shape index (κ1) is 10.4. The second kappa shape index (κ2) is 4.00. The molecule has 0 unspecified atom stereocenters. The van der Waals surface area contributed by atoms with Crippen LogP contribution in [0.4, 0.5) is 5.69 Å². The third-order valence-electron chi connectivity index (χ3n) is 1.20. The molecule has 13 heavy (non-hydrogen) atoms. The molecule has 0 saturated heterocycles. The van der Waals surface area contributed by atoms with E-state index >= 15 is 0 Å². The van der Waals surface area contributed by atoms with Crippen molar-refractivity contribution in [2.24, 2.45) is 0 Å². The van der Waals surface area contributed by atoms with Crippen molar-refractivity contribution in [1.82, 2.24) is 0 Å². The van der Waals surface area contributed by atoms with Gasteiger partial charge >= 0.3 is 0 Å². The molecule has 0 spiro atoms. The number of nitrogens with zero attached hydrogens (tertiary/aromatic N) is 2. The standard InChI is InChI=1S/C6H2Cl3N2O2/c7-3-1-2-4(10-11(12)13)6(9)5(3)8/h1-2H/q-1. The average Bonchev–Trinajstić information content (AvgIpc) is 2.06. The van der Waals surface area contributed by atoms with Gasteiger partial charge < -0.3 is 5.43 Å². The first-order valence-electron chi connectivity index (χ1n) is 3.02. The first-order chi connectivity index (χ1) is 6.02. The van der Waals surface area contributed by atoms with Crippen molar-refractivity contribution in [3.8, 4) is 0 Å². The highest BCUT2D eigenvalue weighted by Gasteiger charge is 2.04. The molecular formula is C6H2Cl3N2O2-. The predicted octanol–water partition coefficient (Wildman–Crippen LogP) is 3.84. The molecule has 0 N–H and O–H groups in total. The molecule has 0 bridgehead atoms. The van der Waals surface area contributed by atoms with Gasteiger partial charge in [0.1, 0.15) is 0 Å². The second-order valence-electron chi connectivity index (χ2n) is 2.03. The molecule has 7 heteroatoms. The number of nitro groups is 1. The summed E-state index contributed by atoms with van der Waals surface area (Å²) in [4.78, 5) is 10.0. The minimum atomic E-state index is -0.856. The summed E-state index contributed by atoms with van der Waals surface area (Å²) in [6.45, 7) is 0. The van der Waals surface area contributed by atoms with E-state index in [1.807, 2.05) is 0 Å². The van der Waals surface area contributed by atoms with Crippen LogP contribution in [0.2, 0.25) is 15.1 Å². The van der Waals surface area contributed by atoms with Crippen LogP contribution >= 0.6 is 34.8 Å². The molecule has 0 aliphatic carbocycles. The summed E-state index contributed by atoms with van der Waals surface area (Å²) in [5.74, 6) is 0. The molecule has 0 heterocycles. The van der Waals surface area contributed by atoms with Gasteiger partial charge in [-0.05, 0) is 11.1 Å². The second-order valence-corrected chi connectivity index (χ2v) is 3.20. The van der Waals surface area contributed by atoms with Crippen LogP contribution in [0.1, 0.15) is 0 Å². The van der Waals surface area contributed by atoms with E-state index in [0.29, 0.717) is 0 Å². The monoisotopic (exact) mass is 239 g/mol. The van der Waals surface area contributed by atoms with Gasteiger partial charge in [-0.25, -0.2) is 0 Å². The van der Waals surface area contributed by atoms with Gasteiger partial charge in [-0.3, -0.25) is 10.1 Å². The summed E-state index contributed by atoms with van der Waals surface area (Å²) < 4.78 is 0. The highest BCUT2D eigenvalue weighted by atomic mass is 35.5. The van der Waals surface area contributed by atoms with Crippen LogP contribution in [-0.2, 0) is 0 Å². The van der Waals surface area contributed by atoms with Gasteiger partial charge in [0, 0.05) is 0 Å². The largest absolute Gasteiger partial charge is 0.347 e. The zero-order chi connectivity index (χ0) is 10.0. The molecule has 4 nitrogen and oxygen atoms in total. The smallest absolute Gasteiger partial charge is 0.0767 e. The summed E-state index contributed by atoms with van der Waals surface area (Å²) in [6.07, 6.45) is 0. The molecule has 0 aliphatic rings. The molecule has 1 rings (SSSR count). The maximum atomic E-state index is 10.0. The summed E-state index contributed by atoms with van der Waals surface area (Å²) in [6, 6.07) is 2.71. The van der Waals surface area contributed by atoms with Crippen LogP contribution in [0.15, 0.2) is 12.1 Å². The van der Waals surface area contributed by atoms with Crippen LogP contribution < -0.4 is 0 Å². The van der Waals surface area contributed by atoms with Crippen LogP contribution in [0.25, 0.3) is 5.43 Å². The van der Waals surface area contributed by atoms with Gasteiger partial charge in [-0.2, -0.15) is 0 Å². The van der Waals surface area contributed by atoms with Gasteiger partial charge in [0.2, 0.25) is 0 Å². The lowest BCUT2D eigenvalue weighted by Crippen LogP contribution is -1.87. The lowest BCUT2D eigenvalue weighted by atomic mass is 10.3. The zero-order valence-corrected chi connectivity index (χ0v) is 8.27. The maximum Gasteiger partial charge on any atom is 0.0767 e. The third kappa shape index (κ3) is 2.37. The van der Waals surface area contributed by atoms with Crippen molar-refractivity contribution in [3.05, 3.63) is 42.7 Å². The Balaban J connectivity index is 3.10. The molecule has 0 amide bonds. The third-order valence-corrected chi connectivity index (χ3v) is 2.49. The Hall–Kier alpha value is -0.710. The van der Waals surface area contributed by atoms with Crippen molar-refractivity contribution in [3.63, 3.8) is 0 Å². The fourth-order valence-corrected chi connectivity index (χ4v) is 1.25. The Bertz CT molecular complexity index is 356. The van der Waals surface area contributed by atoms with Gasteiger partial charge in [0.15, 0.2) is 0 Å². The molecule has 0 radical (unpaired) electrons. The topological polar surface area (TPSA) is 57.2 Å². The quantitative estimate of drug-likeness (QED) is 0.448. The lowest BCUT2D eigenvalue weighted by molar-refractivity contribution is -0.418. The van der Waals surface area contributed by atoms with E-state index in [4.69, 9.17) is 34.8 Å². The molecule has 0 aromatic heterocycles. The van der Waals surface area contributed by atoms with E-state index in [9.17, 15) is 10.1 Å². The van der Waals surface area contributed by atoms with Crippen LogP contribution in [-0.4, -0.2) is 5.03 Å². The number of rotatable bonds is 2. The molecule has 1 aromatic rings. The summed E-state index contributed by atoms with van der Waals surface area (Å²) in [7, 11) is 0. The Morgan fingerprint density at radius 3 is 2.38 bits per heavy atom. The van der Waals surface area contributed by atoms with Crippen molar-refractivity contribution in [2.45, 2.75) is 0 Å². The highest BCUT2D eigenvalue weighted by Crippen LogP contribution is 2.38. The van der Waals surface area contributed by atoms with Crippen molar-refractivity contribution >= 4 is 40.5 Å². The van der Waals surface area contributed by atoms with Gasteiger partial charge in [-0.15, -0.1) is 0 Å². The molecule has 1 aromatic carbocycles. The van der Waals surface area contributed by atoms with Crippen molar-refractivity contribution in [2.75, 3.05) is 0 Å². The Labute approximate surface area is 88.5 Å². The minimum Gasteiger partial charge on any atom is -0.347 e. The van der Waals surface area contributed by atoms with Gasteiger partial charge in [-0.1, -0.05) is 46.6 Å². The van der Waals surface area contributed by atoms with Crippen LogP contribution in [0.3, 0.4) is 0 Å². The molecule has 0 atom stereocenters. The molecule has 70 valence electrons. The van der Waals surface area contributed by atoms with E-state index < -0.39 is 5.03 Å².